The van der Waals surface area contributed by atoms with Crippen molar-refractivity contribution in [2.24, 2.45) is 0 Å². The fourth-order valence-corrected chi connectivity index (χ4v) is 8.19. The molecular weight excluding hydrogens is 926 g/mol. The molecule has 0 bridgehead atoms. The van der Waals surface area contributed by atoms with E-state index < -0.39 is 11.7 Å². The third kappa shape index (κ3) is 6.77. The van der Waals surface area contributed by atoms with Crippen molar-refractivity contribution in [3.63, 3.8) is 0 Å². The molecular formula is C47H24F4N3OPtS-3. The molecule has 280 valence electrons. The van der Waals surface area contributed by atoms with Gasteiger partial charge in [-0.3, -0.25) is 9.97 Å². The van der Waals surface area contributed by atoms with Crippen LogP contribution >= 0.6 is 11.3 Å². The first-order chi connectivity index (χ1) is 27.2. The van der Waals surface area contributed by atoms with Crippen LogP contribution in [-0.4, -0.2) is 14.5 Å². The number of thiophene rings is 1. The van der Waals surface area contributed by atoms with Crippen LogP contribution < -0.4 is 4.74 Å². The number of rotatable bonds is 6. The van der Waals surface area contributed by atoms with Gasteiger partial charge in [-0.1, -0.05) is 95.9 Å². The minimum absolute atomic E-state index is 0. The molecule has 10 heteroatoms. The summed E-state index contributed by atoms with van der Waals surface area (Å²) in [5.74, 6) is 0.254. The third-order valence-corrected chi connectivity index (χ3v) is 10.8. The summed E-state index contributed by atoms with van der Waals surface area (Å²) < 4.78 is 67.1. The van der Waals surface area contributed by atoms with Crippen LogP contribution in [0.3, 0.4) is 0 Å². The fraction of sp³-hybridized carbons (Fsp3) is 0.0213. The number of ether oxygens (including phenoxy) is 1. The van der Waals surface area contributed by atoms with E-state index in [2.05, 4.69) is 18.2 Å². The molecule has 0 amide bonds. The van der Waals surface area contributed by atoms with Crippen molar-refractivity contribution in [3.05, 3.63) is 175 Å². The number of nitrogens with zero attached hydrogens (tertiary/aromatic N) is 3. The topological polar surface area (TPSA) is 39.9 Å². The van der Waals surface area contributed by atoms with Crippen molar-refractivity contribution in [2.45, 2.75) is 6.18 Å². The Balaban J connectivity index is 0.00000422. The minimum atomic E-state index is -4.66. The molecule has 10 rings (SSSR count). The molecule has 0 radical (unpaired) electrons. The van der Waals surface area contributed by atoms with Gasteiger partial charge >= 0.3 is 6.18 Å². The number of alkyl halides is 3. The smallest absolute Gasteiger partial charge is 0.399 e. The molecule has 0 unspecified atom stereocenters. The molecule has 0 saturated carbocycles. The van der Waals surface area contributed by atoms with Crippen LogP contribution in [0.15, 0.2) is 146 Å². The monoisotopic (exact) mass is 949 g/mol. The quantitative estimate of drug-likeness (QED) is 0.123. The molecule has 7 aromatic carbocycles. The second-order valence-corrected chi connectivity index (χ2v) is 14.3. The summed E-state index contributed by atoms with van der Waals surface area (Å²) in [5, 5.41) is 2.48. The van der Waals surface area contributed by atoms with Crippen molar-refractivity contribution in [2.75, 3.05) is 0 Å². The van der Waals surface area contributed by atoms with E-state index >= 15 is 0 Å². The van der Waals surface area contributed by atoms with Gasteiger partial charge in [0, 0.05) is 54.7 Å². The van der Waals surface area contributed by atoms with Crippen LogP contribution in [0.25, 0.3) is 81.4 Å². The van der Waals surface area contributed by atoms with E-state index in [1.807, 2.05) is 89.5 Å². The van der Waals surface area contributed by atoms with Crippen LogP contribution in [-0.2, 0) is 27.2 Å². The Morgan fingerprint density at radius 3 is 2.25 bits per heavy atom. The summed E-state index contributed by atoms with van der Waals surface area (Å²) in [4.78, 5) is 9.95. The molecule has 57 heavy (non-hydrogen) atoms. The molecule has 0 aliphatic carbocycles. The Kier molecular flexibility index (Phi) is 9.22. The average molecular weight is 950 g/mol. The molecule has 0 spiro atoms. The van der Waals surface area contributed by atoms with E-state index in [1.54, 1.807) is 36.5 Å². The summed E-state index contributed by atoms with van der Waals surface area (Å²) in [6, 6.07) is 50.3. The van der Waals surface area contributed by atoms with Crippen molar-refractivity contribution in [1.82, 2.24) is 14.5 Å². The van der Waals surface area contributed by atoms with Crippen LogP contribution in [0.2, 0.25) is 0 Å². The molecule has 0 atom stereocenters. The van der Waals surface area contributed by atoms with Gasteiger partial charge in [0.15, 0.2) is 0 Å². The molecule has 3 heterocycles. The Morgan fingerprint density at radius 2 is 1.44 bits per heavy atom. The molecule has 0 saturated heterocycles. The molecule has 0 aliphatic heterocycles. The maximum absolute atomic E-state index is 14.4. The largest absolute Gasteiger partial charge is 0.497 e. The summed E-state index contributed by atoms with van der Waals surface area (Å²) >= 11 is 1.49. The van der Waals surface area contributed by atoms with E-state index in [1.165, 1.54) is 23.5 Å². The predicted molar refractivity (Wildman–Crippen MR) is 214 cm³/mol. The maximum atomic E-state index is 14.4. The fourth-order valence-electron chi connectivity index (χ4n) is 7.02. The molecule has 0 aliphatic rings. The van der Waals surface area contributed by atoms with Crippen molar-refractivity contribution < 1.29 is 43.4 Å². The zero-order chi connectivity index (χ0) is 38.0. The van der Waals surface area contributed by atoms with Crippen LogP contribution in [0, 0.1) is 24.0 Å². The van der Waals surface area contributed by atoms with Crippen LogP contribution in [0.1, 0.15) is 5.56 Å². The second kappa shape index (κ2) is 14.4. The summed E-state index contributed by atoms with van der Waals surface area (Å²) in [7, 11) is 0. The number of halogens is 4. The summed E-state index contributed by atoms with van der Waals surface area (Å²) in [6.07, 6.45) is -2.93. The van der Waals surface area contributed by atoms with E-state index in [4.69, 9.17) is 14.7 Å². The predicted octanol–water partition coefficient (Wildman–Crippen LogP) is 13.3. The van der Waals surface area contributed by atoms with Crippen molar-refractivity contribution in [1.29, 1.82) is 0 Å². The number of aromatic nitrogens is 3. The number of benzene rings is 7. The van der Waals surface area contributed by atoms with E-state index in [9.17, 15) is 17.6 Å². The number of hydrogen-bond donors (Lipinski definition) is 0. The molecule has 4 nitrogen and oxygen atoms in total. The van der Waals surface area contributed by atoms with E-state index in [0.29, 0.717) is 27.9 Å². The maximum Gasteiger partial charge on any atom is 0.399 e. The zero-order valence-electron chi connectivity index (χ0n) is 29.3. The normalized spacial score (nSPS) is 11.7. The molecule has 0 fully saturated rings. The number of para-hydroxylation sites is 3. The van der Waals surface area contributed by atoms with Crippen LogP contribution in [0.5, 0.6) is 11.5 Å². The molecule has 0 N–H and O–H groups in total. The van der Waals surface area contributed by atoms with Crippen LogP contribution in [0.4, 0.5) is 17.6 Å². The van der Waals surface area contributed by atoms with Crippen molar-refractivity contribution in [3.8, 4) is 50.8 Å². The third-order valence-electron chi connectivity index (χ3n) is 9.65. The number of imidazole rings is 1. The Hall–Kier alpha value is -6.15. The van der Waals surface area contributed by atoms with Gasteiger partial charge in [0.2, 0.25) is 0 Å². The Labute approximate surface area is 341 Å². The van der Waals surface area contributed by atoms with Gasteiger partial charge in [-0.2, -0.15) is 42.7 Å². The number of hydrogen-bond acceptors (Lipinski definition) is 4. The average Bonchev–Trinajstić information content (AvgIpc) is 3.79. The Bertz CT molecular complexity index is 3120. The first-order valence-corrected chi connectivity index (χ1v) is 18.4. The van der Waals surface area contributed by atoms with Gasteiger partial charge in [-0.15, -0.1) is 22.9 Å². The van der Waals surface area contributed by atoms with Gasteiger partial charge in [-0.25, -0.2) is 15.5 Å². The first-order valence-electron chi connectivity index (χ1n) is 17.6. The van der Waals surface area contributed by atoms with Gasteiger partial charge in [-0.05, 0) is 58.3 Å². The zero-order valence-corrected chi connectivity index (χ0v) is 32.4. The Morgan fingerprint density at radius 1 is 0.702 bits per heavy atom. The second-order valence-electron chi connectivity index (χ2n) is 13.2. The molecule has 3 aromatic heterocycles. The number of fused-ring (bicyclic) bond motifs is 5. The minimum Gasteiger partial charge on any atom is -0.497 e. The summed E-state index contributed by atoms with van der Waals surface area (Å²) in [6.45, 7) is 0. The van der Waals surface area contributed by atoms with Gasteiger partial charge in [0.1, 0.15) is 5.82 Å². The number of pyridine rings is 1. The first kappa shape index (κ1) is 36.5. The molecule has 10 aromatic rings. The van der Waals surface area contributed by atoms with Gasteiger partial charge < -0.3 is 9.30 Å². The standard InChI is InChI=1S/C47H24F4N3OS.Pt/c48-35-18-16-29(17-19-35)33-23-43-44(52-27-33)39-25-38(26-40(45(39)56-43)46-53-41-12-6-7-13-42(41)54(46)36-10-2-1-3-11-36)55-37-22-32(21-34(24-37)47(49,50)51)31-15-14-28-8-4-5-9-30(28)20-31;/h1-14,16-21,23-25,27H;/q-3;. The van der Waals surface area contributed by atoms with Gasteiger partial charge in [0.05, 0.1) is 22.4 Å². The SMILES string of the molecule is Fc1ccc(-c2cnc3c(c2)sc2c(-c4nc5ccccc5n4-c4ccccc4)[c-]c(Oc4[c-]c(-c5[c-]cc6ccccc6c5)cc(C(F)(F)F)c4)cc23)cc1.[Pt]. The van der Waals surface area contributed by atoms with E-state index in [0.717, 1.165) is 60.2 Å². The van der Waals surface area contributed by atoms with E-state index in [-0.39, 0.29) is 43.9 Å². The summed E-state index contributed by atoms with van der Waals surface area (Å²) in [5.41, 5.74) is 5.08. The van der Waals surface area contributed by atoms with Gasteiger partial charge in [0.25, 0.3) is 0 Å². The van der Waals surface area contributed by atoms with Crippen molar-refractivity contribution >= 4 is 53.4 Å².